The van der Waals surface area contributed by atoms with Crippen LogP contribution in [0.15, 0.2) is 24.3 Å². The zero-order chi connectivity index (χ0) is 16.7. The molecule has 1 aromatic carbocycles. The summed E-state index contributed by atoms with van der Waals surface area (Å²) in [7, 11) is 1.67. The summed E-state index contributed by atoms with van der Waals surface area (Å²) in [6.07, 6.45) is 1.87. The smallest absolute Gasteiger partial charge is 0.313 e. The quantitative estimate of drug-likeness (QED) is 0.798. The van der Waals surface area contributed by atoms with Crippen LogP contribution in [0, 0.1) is 0 Å². The van der Waals surface area contributed by atoms with E-state index in [1.807, 2.05) is 0 Å². The summed E-state index contributed by atoms with van der Waals surface area (Å²) in [5.74, 6) is -1.30. The second-order valence-corrected chi connectivity index (χ2v) is 6.01. The molecule has 0 aliphatic carbocycles. The second-order valence-electron chi connectivity index (χ2n) is 5.57. The summed E-state index contributed by atoms with van der Waals surface area (Å²) in [6.45, 7) is 3.22. The number of hydrogen-bond donors (Lipinski definition) is 2. The van der Waals surface area contributed by atoms with Crippen LogP contribution in [0.1, 0.15) is 12.8 Å². The Bertz CT molecular complexity index is 553. The van der Waals surface area contributed by atoms with Crippen molar-refractivity contribution in [2.45, 2.75) is 18.9 Å². The molecule has 1 fully saturated rings. The Morgan fingerprint density at radius 1 is 1.39 bits per heavy atom. The number of amides is 2. The van der Waals surface area contributed by atoms with Gasteiger partial charge in [0.2, 0.25) is 0 Å². The first-order chi connectivity index (χ1) is 11.1. The van der Waals surface area contributed by atoms with Crippen molar-refractivity contribution < 1.29 is 14.3 Å². The van der Waals surface area contributed by atoms with Gasteiger partial charge in [-0.2, -0.15) is 0 Å². The fourth-order valence-electron chi connectivity index (χ4n) is 2.60. The van der Waals surface area contributed by atoms with E-state index in [2.05, 4.69) is 15.5 Å². The molecule has 2 amide bonds. The number of methoxy groups -OCH3 is 1. The Hall–Kier alpha value is -1.63. The van der Waals surface area contributed by atoms with Crippen molar-refractivity contribution in [2.24, 2.45) is 0 Å². The number of nitrogens with zero attached hydrogens (tertiary/aromatic N) is 1. The van der Waals surface area contributed by atoms with Crippen LogP contribution in [0.4, 0.5) is 5.69 Å². The topological polar surface area (TPSA) is 70.7 Å². The Kier molecular flexibility index (Phi) is 6.83. The molecular weight excluding hydrogens is 318 g/mol. The van der Waals surface area contributed by atoms with Crippen molar-refractivity contribution in [1.82, 2.24) is 10.2 Å². The first kappa shape index (κ1) is 17.7. The van der Waals surface area contributed by atoms with E-state index < -0.39 is 11.8 Å². The summed E-state index contributed by atoms with van der Waals surface area (Å²) in [4.78, 5) is 26.2. The van der Waals surface area contributed by atoms with Crippen LogP contribution >= 0.6 is 11.6 Å². The highest BCUT2D eigenvalue weighted by atomic mass is 35.5. The number of rotatable bonds is 5. The molecule has 6 nitrogen and oxygen atoms in total. The molecule has 1 atom stereocenters. The largest absolute Gasteiger partial charge is 0.383 e. The molecule has 1 aliphatic heterocycles. The number of halogens is 1. The zero-order valence-corrected chi connectivity index (χ0v) is 13.9. The van der Waals surface area contributed by atoms with Crippen LogP contribution in [-0.2, 0) is 14.3 Å². The molecule has 1 aliphatic rings. The fourth-order valence-corrected chi connectivity index (χ4v) is 2.79. The lowest BCUT2D eigenvalue weighted by atomic mass is 10.1. The molecule has 1 heterocycles. The number of likely N-dealkylation sites (tertiary alicyclic amines) is 1. The third kappa shape index (κ3) is 5.82. The van der Waals surface area contributed by atoms with Gasteiger partial charge in [0.05, 0.1) is 6.61 Å². The van der Waals surface area contributed by atoms with Crippen molar-refractivity contribution in [3.63, 3.8) is 0 Å². The van der Waals surface area contributed by atoms with Crippen molar-refractivity contribution >= 4 is 29.1 Å². The molecule has 7 heteroatoms. The van der Waals surface area contributed by atoms with E-state index in [4.69, 9.17) is 16.3 Å². The van der Waals surface area contributed by atoms with Crippen LogP contribution < -0.4 is 10.6 Å². The van der Waals surface area contributed by atoms with Crippen molar-refractivity contribution in [2.75, 3.05) is 38.7 Å². The van der Waals surface area contributed by atoms with E-state index in [-0.39, 0.29) is 6.04 Å². The summed E-state index contributed by atoms with van der Waals surface area (Å²) in [5.41, 5.74) is 0.503. The van der Waals surface area contributed by atoms with E-state index in [9.17, 15) is 9.59 Å². The predicted molar refractivity (Wildman–Crippen MR) is 89.6 cm³/mol. The molecule has 2 N–H and O–H groups in total. The third-order valence-electron chi connectivity index (χ3n) is 3.74. The minimum Gasteiger partial charge on any atom is -0.383 e. The van der Waals surface area contributed by atoms with Crippen LogP contribution in [0.3, 0.4) is 0 Å². The Morgan fingerprint density at radius 3 is 2.96 bits per heavy atom. The molecule has 1 unspecified atom stereocenters. The number of ether oxygens (including phenoxy) is 1. The summed E-state index contributed by atoms with van der Waals surface area (Å²) in [5, 5.41) is 5.85. The minimum absolute atomic E-state index is 0.0155. The van der Waals surface area contributed by atoms with Gasteiger partial charge in [0.1, 0.15) is 0 Å². The zero-order valence-electron chi connectivity index (χ0n) is 13.2. The van der Waals surface area contributed by atoms with Gasteiger partial charge in [-0.3, -0.25) is 14.5 Å². The number of hydrogen-bond acceptors (Lipinski definition) is 4. The van der Waals surface area contributed by atoms with Gasteiger partial charge < -0.3 is 15.4 Å². The van der Waals surface area contributed by atoms with Gasteiger partial charge >= 0.3 is 11.8 Å². The summed E-state index contributed by atoms with van der Waals surface area (Å²) >= 11 is 5.85. The van der Waals surface area contributed by atoms with Crippen LogP contribution in [0.2, 0.25) is 5.02 Å². The number of anilines is 1. The van der Waals surface area contributed by atoms with Gasteiger partial charge in [0.15, 0.2) is 0 Å². The Morgan fingerprint density at radius 2 is 2.22 bits per heavy atom. The van der Waals surface area contributed by atoms with Gasteiger partial charge in [-0.05, 0) is 37.6 Å². The summed E-state index contributed by atoms with van der Waals surface area (Å²) < 4.78 is 5.07. The molecule has 0 bridgehead atoms. The number of benzene rings is 1. The average molecular weight is 340 g/mol. The maximum Gasteiger partial charge on any atom is 0.313 e. The van der Waals surface area contributed by atoms with Crippen molar-refractivity contribution in [3.8, 4) is 0 Å². The van der Waals surface area contributed by atoms with E-state index in [1.165, 1.54) is 0 Å². The molecule has 0 saturated carbocycles. The van der Waals surface area contributed by atoms with Gasteiger partial charge in [-0.25, -0.2) is 0 Å². The number of nitrogens with one attached hydrogen (secondary N) is 2. The molecule has 0 spiro atoms. The lowest BCUT2D eigenvalue weighted by molar-refractivity contribution is -0.136. The third-order valence-corrected chi connectivity index (χ3v) is 3.98. The number of carbonyl (C=O) groups is 2. The summed E-state index contributed by atoms with van der Waals surface area (Å²) in [6, 6.07) is 6.68. The van der Waals surface area contributed by atoms with Gasteiger partial charge in [0, 0.05) is 37.0 Å². The molecular formula is C16H22ClN3O3. The SMILES string of the molecule is COCCN1CCCC(NC(=O)C(=O)Nc2cccc(Cl)c2)C1. The molecule has 0 aromatic heterocycles. The normalized spacial score (nSPS) is 18.4. The van der Waals surface area contributed by atoms with E-state index >= 15 is 0 Å². The molecule has 2 rings (SSSR count). The predicted octanol–water partition coefficient (Wildman–Crippen LogP) is 1.51. The van der Waals surface area contributed by atoms with Gasteiger partial charge in [-0.15, -0.1) is 0 Å². The van der Waals surface area contributed by atoms with Crippen molar-refractivity contribution in [1.29, 1.82) is 0 Å². The van der Waals surface area contributed by atoms with Crippen LogP contribution in [0.25, 0.3) is 0 Å². The van der Waals surface area contributed by atoms with Gasteiger partial charge in [-0.1, -0.05) is 17.7 Å². The molecule has 1 saturated heterocycles. The Balaban J connectivity index is 1.82. The lowest BCUT2D eigenvalue weighted by Crippen LogP contribution is -2.50. The van der Waals surface area contributed by atoms with E-state index in [0.29, 0.717) is 17.3 Å². The monoisotopic (exact) mass is 339 g/mol. The standard InChI is InChI=1S/C16H22ClN3O3/c1-23-9-8-20-7-3-6-14(11-20)19-16(22)15(21)18-13-5-2-4-12(17)10-13/h2,4-5,10,14H,3,6-9,11H2,1H3,(H,18,21)(H,19,22). The van der Waals surface area contributed by atoms with Crippen LogP contribution in [-0.4, -0.2) is 56.1 Å². The second kappa shape index (κ2) is 8.86. The highest BCUT2D eigenvalue weighted by Crippen LogP contribution is 2.15. The first-order valence-electron chi connectivity index (χ1n) is 7.67. The molecule has 126 valence electrons. The van der Waals surface area contributed by atoms with E-state index in [1.54, 1.807) is 31.4 Å². The fraction of sp³-hybridized carbons (Fsp3) is 0.500. The van der Waals surface area contributed by atoms with Gasteiger partial charge in [0.25, 0.3) is 0 Å². The number of piperidine rings is 1. The molecule has 23 heavy (non-hydrogen) atoms. The highest BCUT2D eigenvalue weighted by Gasteiger charge is 2.23. The minimum atomic E-state index is -0.679. The average Bonchev–Trinajstić information content (AvgIpc) is 2.53. The number of carbonyl (C=O) groups excluding carboxylic acids is 2. The van der Waals surface area contributed by atoms with Crippen molar-refractivity contribution in [3.05, 3.63) is 29.3 Å². The highest BCUT2D eigenvalue weighted by molar-refractivity contribution is 6.40. The van der Waals surface area contributed by atoms with Crippen LogP contribution in [0.5, 0.6) is 0 Å². The Labute approximate surface area is 141 Å². The maximum absolute atomic E-state index is 12.0. The lowest BCUT2D eigenvalue weighted by Gasteiger charge is -2.32. The molecule has 0 radical (unpaired) electrons. The molecule has 1 aromatic rings. The van der Waals surface area contributed by atoms with E-state index in [0.717, 1.165) is 32.5 Å². The maximum atomic E-state index is 12.0. The first-order valence-corrected chi connectivity index (χ1v) is 8.05.